The van der Waals surface area contributed by atoms with Crippen LogP contribution in [0.1, 0.15) is 17.0 Å². The number of pyridine rings is 3. The molecule has 0 spiro atoms. The maximum atomic E-state index is 6.05. The smallest absolute Gasteiger partial charge is 0.129 e. The molecule has 1 aliphatic heterocycles. The van der Waals surface area contributed by atoms with Gasteiger partial charge in [-0.3, -0.25) is 4.98 Å². The normalized spacial score (nSPS) is 14.2. The first-order valence-corrected chi connectivity index (χ1v) is 8.80. The third-order valence-corrected chi connectivity index (χ3v) is 4.59. The predicted octanol–water partition coefficient (Wildman–Crippen LogP) is 3.22. The zero-order valence-corrected chi connectivity index (χ0v) is 15.1. The molecule has 0 N–H and O–H groups in total. The average molecular weight is 365 g/mol. The third-order valence-electron chi connectivity index (χ3n) is 4.39. The Labute approximate surface area is 157 Å². The van der Waals surface area contributed by atoms with E-state index in [9.17, 15) is 0 Å². The summed E-state index contributed by atoms with van der Waals surface area (Å²) in [5, 5.41) is 2.35. The van der Waals surface area contributed by atoms with Crippen molar-refractivity contribution in [2.75, 3.05) is 31.2 Å². The van der Waals surface area contributed by atoms with Gasteiger partial charge in [-0.25, -0.2) is 9.97 Å². The van der Waals surface area contributed by atoms with E-state index in [0.29, 0.717) is 5.15 Å². The van der Waals surface area contributed by atoms with Crippen LogP contribution >= 0.6 is 11.6 Å². The summed E-state index contributed by atoms with van der Waals surface area (Å²) in [5.41, 5.74) is 3.53. The van der Waals surface area contributed by atoms with Gasteiger partial charge in [0.2, 0.25) is 0 Å². The number of halogens is 1. The number of hydrogen-bond donors (Lipinski definition) is 0. The minimum Gasteiger partial charge on any atom is -0.378 e. The summed E-state index contributed by atoms with van der Waals surface area (Å²) >= 11 is 6.05. The predicted molar refractivity (Wildman–Crippen MR) is 103 cm³/mol. The van der Waals surface area contributed by atoms with Gasteiger partial charge in [0.15, 0.2) is 0 Å². The van der Waals surface area contributed by atoms with E-state index in [1.54, 1.807) is 12.4 Å². The van der Waals surface area contributed by atoms with Crippen molar-refractivity contribution >= 4 is 28.1 Å². The number of ether oxygens (including phenoxy) is 1. The highest BCUT2D eigenvalue weighted by Crippen LogP contribution is 2.22. The Kier molecular flexibility index (Phi) is 4.70. The van der Waals surface area contributed by atoms with Crippen LogP contribution in [-0.2, 0) is 4.74 Å². The van der Waals surface area contributed by atoms with E-state index in [1.807, 2.05) is 25.3 Å². The third kappa shape index (κ3) is 3.48. The highest BCUT2D eigenvalue weighted by atomic mass is 35.5. The second-order valence-electron chi connectivity index (χ2n) is 6.06. The van der Waals surface area contributed by atoms with Crippen molar-refractivity contribution in [1.82, 2.24) is 15.0 Å². The summed E-state index contributed by atoms with van der Waals surface area (Å²) in [4.78, 5) is 15.3. The van der Waals surface area contributed by atoms with Gasteiger partial charge in [-0.05, 0) is 31.0 Å². The van der Waals surface area contributed by atoms with Crippen LogP contribution < -0.4 is 4.90 Å². The van der Waals surface area contributed by atoms with E-state index in [0.717, 1.165) is 59.7 Å². The van der Waals surface area contributed by atoms with Crippen LogP contribution in [0.25, 0.3) is 10.8 Å². The van der Waals surface area contributed by atoms with E-state index in [1.165, 1.54) is 0 Å². The van der Waals surface area contributed by atoms with E-state index >= 15 is 0 Å². The largest absolute Gasteiger partial charge is 0.378 e. The monoisotopic (exact) mass is 364 g/mol. The SMILES string of the molecule is Cc1ncc(C#Cc2ccc(N3CCOCC3)cn2)c2cc(Cl)ncc12. The summed E-state index contributed by atoms with van der Waals surface area (Å²) in [7, 11) is 0. The number of aromatic nitrogens is 3. The Morgan fingerprint density at radius 3 is 2.62 bits per heavy atom. The second kappa shape index (κ2) is 7.28. The van der Waals surface area contributed by atoms with Crippen molar-refractivity contribution in [2.45, 2.75) is 6.92 Å². The van der Waals surface area contributed by atoms with Crippen molar-refractivity contribution in [1.29, 1.82) is 0 Å². The summed E-state index contributed by atoms with van der Waals surface area (Å²) in [5.74, 6) is 6.28. The highest BCUT2D eigenvalue weighted by molar-refractivity contribution is 6.30. The van der Waals surface area contributed by atoms with Gasteiger partial charge in [-0.1, -0.05) is 17.5 Å². The molecule has 0 amide bonds. The molecular weight excluding hydrogens is 348 g/mol. The molecule has 4 rings (SSSR count). The van der Waals surface area contributed by atoms with Crippen LogP contribution in [0.5, 0.6) is 0 Å². The summed E-state index contributed by atoms with van der Waals surface area (Å²) < 4.78 is 5.38. The Hall–Kier alpha value is -2.68. The number of hydrogen-bond acceptors (Lipinski definition) is 5. The van der Waals surface area contributed by atoms with Crippen LogP contribution in [0, 0.1) is 18.8 Å². The first-order chi connectivity index (χ1) is 12.7. The van der Waals surface area contributed by atoms with E-state index in [2.05, 4.69) is 37.8 Å². The fourth-order valence-corrected chi connectivity index (χ4v) is 3.10. The molecule has 5 nitrogen and oxygen atoms in total. The van der Waals surface area contributed by atoms with E-state index in [4.69, 9.17) is 16.3 Å². The first kappa shape index (κ1) is 16.8. The summed E-state index contributed by atoms with van der Waals surface area (Å²) in [6.45, 7) is 5.24. The Morgan fingerprint density at radius 1 is 1.00 bits per heavy atom. The Morgan fingerprint density at radius 2 is 1.85 bits per heavy atom. The van der Waals surface area contributed by atoms with Gasteiger partial charge in [0, 0.05) is 41.9 Å². The lowest BCUT2D eigenvalue weighted by Crippen LogP contribution is -2.36. The number of anilines is 1. The average Bonchev–Trinajstić information content (AvgIpc) is 2.68. The van der Waals surface area contributed by atoms with Crippen LogP contribution in [0.2, 0.25) is 5.15 Å². The molecule has 3 aromatic rings. The van der Waals surface area contributed by atoms with Crippen LogP contribution in [-0.4, -0.2) is 41.3 Å². The van der Waals surface area contributed by atoms with Crippen molar-refractivity contribution in [3.63, 3.8) is 0 Å². The number of fused-ring (bicyclic) bond motifs is 1. The number of rotatable bonds is 1. The molecule has 1 aliphatic rings. The molecule has 0 saturated carbocycles. The van der Waals surface area contributed by atoms with Gasteiger partial charge >= 0.3 is 0 Å². The standard InChI is InChI=1S/C20H17ClN4O/c1-14-19-13-24-20(21)10-18(19)15(11-22-14)2-3-16-4-5-17(12-23-16)25-6-8-26-9-7-25/h4-5,10-13H,6-9H2,1H3. The molecule has 0 unspecified atom stereocenters. The van der Waals surface area contributed by atoms with Crippen LogP contribution in [0.4, 0.5) is 5.69 Å². The first-order valence-electron chi connectivity index (χ1n) is 8.42. The molecule has 1 fully saturated rings. The van der Waals surface area contributed by atoms with Crippen molar-refractivity contribution in [2.24, 2.45) is 0 Å². The van der Waals surface area contributed by atoms with E-state index in [-0.39, 0.29) is 0 Å². The molecule has 0 bridgehead atoms. The van der Waals surface area contributed by atoms with Gasteiger partial charge < -0.3 is 9.64 Å². The van der Waals surface area contributed by atoms with Gasteiger partial charge in [0.25, 0.3) is 0 Å². The van der Waals surface area contributed by atoms with Gasteiger partial charge in [-0.2, -0.15) is 0 Å². The molecule has 0 aromatic carbocycles. The molecule has 0 atom stereocenters. The quantitative estimate of drug-likeness (QED) is 0.490. The number of nitrogens with zero attached hydrogens (tertiary/aromatic N) is 4. The highest BCUT2D eigenvalue weighted by Gasteiger charge is 2.11. The van der Waals surface area contributed by atoms with Crippen molar-refractivity contribution in [3.8, 4) is 11.8 Å². The lowest BCUT2D eigenvalue weighted by atomic mass is 10.1. The molecule has 1 saturated heterocycles. The molecule has 26 heavy (non-hydrogen) atoms. The van der Waals surface area contributed by atoms with Crippen molar-refractivity contribution < 1.29 is 4.74 Å². The molecular formula is C20H17ClN4O. The van der Waals surface area contributed by atoms with Gasteiger partial charge in [-0.15, -0.1) is 0 Å². The maximum absolute atomic E-state index is 6.05. The maximum Gasteiger partial charge on any atom is 0.129 e. The molecule has 4 heterocycles. The fourth-order valence-electron chi connectivity index (χ4n) is 2.94. The minimum absolute atomic E-state index is 0.444. The zero-order chi connectivity index (χ0) is 17.9. The lowest BCUT2D eigenvalue weighted by molar-refractivity contribution is 0.122. The Balaban J connectivity index is 1.62. The summed E-state index contributed by atoms with van der Waals surface area (Å²) in [6.07, 6.45) is 5.37. The topological polar surface area (TPSA) is 51.1 Å². The molecule has 0 aliphatic carbocycles. The zero-order valence-electron chi connectivity index (χ0n) is 14.4. The van der Waals surface area contributed by atoms with Gasteiger partial charge in [0.1, 0.15) is 10.8 Å². The Bertz CT molecular complexity index is 1000. The van der Waals surface area contributed by atoms with Crippen molar-refractivity contribution in [3.05, 3.63) is 58.9 Å². The summed E-state index contributed by atoms with van der Waals surface area (Å²) in [6, 6.07) is 5.81. The molecule has 6 heteroatoms. The molecule has 0 radical (unpaired) electrons. The molecule has 130 valence electrons. The lowest BCUT2D eigenvalue weighted by Gasteiger charge is -2.28. The van der Waals surface area contributed by atoms with E-state index < -0.39 is 0 Å². The number of aryl methyl sites for hydroxylation is 1. The number of morpholine rings is 1. The minimum atomic E-state index is 0.444. The molecule has 3 aromatic heterocycles. The van der Waals surface area contributed by atoms with Crippen LogP contribution in [0.15, 0.2) is 36.8 Å². The fraction of sp³-hybridized carbons (Fsp3) is 0.250. The second-order valence-corrected chi connectivity index (χ2v) is 6.45. The van der Waals surface area contributed by atoms with Gasteiger partial charge in [0.05, 0.1) is 30.7 Å². The van der Waals surface area contributed by atoms with Crippen LogP contribution in [0.3, 0.4) is 0 Å².